The second kappa shape index (κ2) is 8.31. The van der Waals surface area contributed by atoms with E-state index in [0.717, 1.165) is 38.9 Å². The second-order valence-corrected chi connectivity index (χ2v) is 5.46. The molecule has 2 aliphatic heterocycles. The van der Waals surface area contributed by atoms with Gasteiger partial charge in [-0.05, 0) is 25.7 Å². The molecule has 7 heteroatoms. The lowest BCUT2D eigenvalue weighted by Crippen LogP contribution is -2.43. The maximum atomic E-state index is 12.2. The number of hydrogen-bond donors (Lipinski definition) is 1. The summed E-state index contributed by atoms with van der Waals surface area (Å²) in [5.41, 5.74) is 0. The SMILES string of the molecule is O=C(O)COCC(=O)N(CC1CCCO1)CC1CCCO1. The molecule has 120 valence electrons. The van der Waals surface area contributed by atoms with Crippen LogP contribution in [0.25, 0.3) is 0 Å². The standard InChI is InChI=1S/C14H23NO6/c16-13(9-19-10-14(17)18)15(7-11-3-1-5-20-11)8-12-4-2-6-21-12/h11-12H,1-10H2,(H,17,18). The number of amides is 1. The van der Waals surface area contributed by atoms with Gasteiger partial charge in [0.15, 0.2) is 0 Å². The van der Waals surface area contributed by atoms with E-state index < -0.39 is 12.6 Å². The van der Waals surface area contributed by atoms with Crippen LogP contribution in [-0.2, 0) is 23.8 Å². The number of nitrogens with zero attached hydrogens (tertiary/aromatic N) is 1. The first kappa shape index (κ1) is 16.2. The average molecular weight is 301 g/mol. The largest absolute Gasteiger partial charge is 0.480 e. The van der Waals surface area contributed by atoms with Crippen LogP contribution in [0.5, 0.6) is 0 Å². The van der Waals surface area contributed by atoms with Crippen LogP contribution in [-0.4, -0.2) is 73.6 Å². The van der Waals surface area contributed by atoms with Crippen LogP contribution in [0.15, 0.2) is 0 Å². The molecule has 0 aromatic rings. The molecule has 2 fully saturated rings. The van der Waals surface area contributed by atoms with Crippen LogP contribution >= 0.6 is 0 Å². The van der Waals surface area contributed by atoms with E-state index in [0.29, 0.717) is 13.1 Å². The summed E-state index contributed by atoms with van der Waals surface area (Å²) in [4.78, 5) is 24.3. The van der Waals surface area contributed by atoms with E-state index in [1.54, 1.807) is 4.90 Å². The van der Waals surface area contributed by atoms with Gasteiger partial charge in [0.25, 0.3) is 0 Å². The molecule has 0 bridgehead atoms. The lowest BCUT2D eigenvalue weighted by molar-refractivity contribution is -0.147. The smallest absolute Gasteiger partial charge is 0.329 e. The fourth-order valence-corrected chi connectivity index (χ4v) is 2.66. The first-order valence-corrected chi connectivity index (χ1v) is 7.45. The van der Waals surface area contributed by atoms with Gasteiger partial charge in [-0.25, -0.2) is 4.79 Å². The highest BCUT2D eigenvalue weighted by molar-refractivity contribution is 5.78. The second-order valence-electron chi connectivity index (χ2n) is 5.46. The van der Waals surface area contributed by atoms with E-state index in [2.05, 4.69) is 0 Å². The summed E-state index contributed by atoms with van der Waals surface area (Å²) >= 11 is 0. The minimum atomic E-state index is -1.08. The van der Waals surface area contributed by atoms with E-state index in [1.165, 1.54) is 0 Å². The van der Waals surface area contributed by atoms with E-state index in [4.69, 9.17) is 19.3 Å². The number of aliphatic carboxylic acids is 1. The molecule has 1 amide bonds. The quantitative estimate of drug-likeness (QED) is 0.693. The molecule has 2 saturated heterocycles. The number of rotatable bonds is 8. The maximum Gasteiger partial charge on any atom is 0.329 e. The Morgan fingerprint density at radius 1 is 1.05 bits per heavy atom. The normalized spacial score (nSPS) is 25.1. The summed E-state index contributed by atoms with van der Waals surface area (Å²) in [7, 11) is 0. The molecule has 0 radical (unpaired) electrons. The van der Waals surface area contributed by atoms with Gasteiger partial charge in [0, 0.05) is 26.3 Å². The van der Waals surface area contributed by atoms with Crippen molar-refractivity contribution in [1.82, 2.24) is 4.90 Å². The van der Waals surface area contributed by atoms with Gasteiger partial charge in [-0.15, -0.1) is 0 Å². The number of hydrogen-bond acceptors (Lipinski definition) is 5. The minimum Gasteiger partial charge on any atom is -0.480 e. The summed E-state index contributed by atoms with van der Waals surface area (Å²) in [6.45, 7) is 1.85. The van der Waals surface area contributed by atoms with Crippen LogP contribution < -0.4 is 0 Å². The first-order valence-electron chi connectivity index (χ1n) is 7.45. The van der Waals surface area contributed by atoms with E-state index in [9.17, 15) is 9.59 Å². The van der Waals surface area contributed by atoms with Gasteiger partial charge in [0.1, 0.15) is 13.2 Å². The molecule has 0 aliphatic carbocycles. The molecule has 2 unspecified atom stereocenters. The zero-order valence-corrected chi connectivity index (χ0v) is 12.2. The molecule has 0 aromatic carbocycles. The highest BCUT2D eigenvalue weighted by Crippen LogP contribution is 2.17. The van der Waals surface area contributed by atoms with E-state index in [1.807, 2.05) is 0 Å². The van der Waals surface area contributed by atoms with Crippen LogP contribution in [0, 0.1) is 0 Å². The summed E-state index contributed by atoms with van der Waals surface area (Å²) in [5.74, 6) is -1.28. The fourth-order valence-electron chi connectivity index (χ4n) is 2.66. The van der Waals surface area contributed by atoms with Crippen molar-refractivity contribution in [3.63, 3.8) is 0 Å². The molecular formula is C14H23NO6. The van der Waals surface area contributed by atoms with Crippen molar-refractivity contribution < 1.29 is 28.9 Å². The van der Waals surface area contributed by atoms with Crippen molar-refractivity contribution in [2.45, 2.75) is 37.9 Å². The molecule has 2 heterocycles. The number of carboxylic acid groups (broad SMARTS) is 1. The Hall–Kier alpha value is -1.18. The molecule has 0 spiro atoms. The Kier molecular flexibility index (Phi) is 6.41. The lowest BCUT2D eigenvalue weighted by atomic mass is 10.2. The van der Waals surface area contributed by atoms with Crippen LogP contribution in [0.1, 0.15) is 25.7 Å². The van der Waals surface area contributed by atoms with Gasteiger partial charge >= 0.3 is 5.97 Å². The third-order valence-corrected chi connectivity index (χ3v) is 3.70. The molecule has 1 N–H and O–H groups in total. The predicted molar refractivity (Wildman–Crippen MR) is 73.0 cm³/mol. The molecule has 2 atom stereocenters. The van der Waals surface area contributed by atoms with Gasteiger partial charge < -0.3 is 24.2 Å². The number of carbonyl (C=O) groups is 2. The maximum absolute atomic E-state index is 12.2. The third kappa shape index (κ3) is 5.61. The number of carbonyl (C=O) groups excluding carboxylic acids is 1. The number of ether oxygens (including phenoxy) is 3. The van der Waals surface area contributed by atoms with Crippen molar-refractivity contribution in [2.75, 3.05) is 39.5 Å². The fraction of sp³-hybridized carbons (Fsp3) is 0.857. The minimum absolute atomic E-state index is 0.0647. The zero-order chi connectivity index (χ0) is 15.1. The molecule has 0 aromatic heterocycles. The summed E-state index contributed by atoms with van der Waals surface area (Å²) in [6, 6.07) is 0. The van der Waals surface area contributed by atoms with Gasteiger partial charge in [0.05, 0.1) is 12.2 Å². The topological polar surface area (TPSA) is 85.3 Å². The van der Waals surface area contributed by atoms with Crippen molar-refractivity contribution in [3.8, 4) is 0 Å². The van der Waals surface area contributed by atoms with Crippen LogP contribution in [0.3, 0.4) is 0 Å². The Balaban J connectivity index is 1.82. The monoisotopic (exact) mass is 301 g/mol. The van der Waals surface area contributed by atoms with Gasteiger partial charge in [-0.3, -0.25) is 4.79 Å². The molecule has 0 saturated carbocycles. The van der Waals surface area contributed by atoms with Crippen molar-refractivity contribution in [3.05, 3.63) is 0 Å². The van der Waals surface area contributed by atoms with Crippen molar-refractivity contribution >= 4 is 11.9 Å². The summed E-state index contributed by atoms with van der Waals surface area (Å²) in [6.07, 6.45) is 4.06. The Labute approximate surface area is 124 Å². The molecule has 21 heavy (non-hydrogen) atoms. The van der Waals surface area contributed by atoms with Crippen LogP contribution in [0.2, 0.25) is 0 Å². The van der Waals surface area contributed by atoms with Crippen LogP contribution in [0.4, 0.5) is 0 Å². The highest BCUT2D eigenvalue weighted by Gasteiger charge is 2.26. The summed E-state index contributed by atoms with van der Waals surface area (Å²) < 4.78 is 16.0. The average Bonchev–Trinajstić information content (AvgIpc) is 3.10. The van der Waals surface area contributed by atoms with Crippen molar-refractivity contribution in [2.24, 2.45) is 0 Å². The molecule has 2 rings (SSSR count). The Morgan fingerprint density at radius 2 is 1.62 bits per heavy atom. The third-order valence-electron chi connectivity index (χ3n) is 3.70. The van der Waals surface area contributed by atoms with Gasteiger partial charge in [-0.1, -0.05) is 0 Å². The van der Waals surface area contributed by atoms with Gasteiger partial charge in [-0.2, -0.15) is 0 Å². The molecule has 7 nitrogen and oxygen atoms in total. The molecular weight excluding hydrogens is 278 g/mol. The lowest BCUT2D eigenvalue weighted by Gasteiger charge is -2.27. The van der Waals surface area contributed by atoms with E-state index in [-0.39, 0.29) is 24.7 Å². The van der Waals surface area contributed by atoms with Gasteiger partial charge in [0.2, 0.25) is 5.91 Å². The summed E-state index contributed by atoms with van der Waals surface area (Å²) in [5, 5.41) is 8.53. The molecule has 2 aliphatic rings. The van der Waals surface area contributed by atoms with Crippen molar-refractivity contribution in [1.29, 1.82) is 0 Å². The first-order chi connectivity index (χ1) is 10.1. The van der Waals surface area contributed by atoms with E-state index >= 15 is 0 Å². The Morgan fingerprint density at radius 3 is 2.05 bits per heavy atom. The zero-order valence-electron chi connectivity index (χ0n) is 12.2. The Bertz CT molecular complexity index is 331. The highest BCUT2D eigenvalue weighted by atomic mass is 16.5. The predicted octanol–water partition coefficient (Wildman–Crippen LogP) is 0.274. The number of carboxylic acids is 1.